The zero-order valence-corrected chi connectivity index (χ0v) is 34.3. The number of allylic oxidation sites excluding steroid dienone is 8. The van der Waals surface area contributed by atoms with E-state index in [0.29, 0.717) is 32.5 Å². The highest BCUT2D eigenvalue weighted by Crippen LogP contribution is 2.10. The molecule has 0 aliphatic heterocycles. The lowest BCUT2D eigenvalue weighted by Crippen LogP contribution is -2.48. The minimum Gasteiger partial charge on any atom is -0.464 e. The number of ether oxygens (including phenoxy) is 1. The average molecular weight is 728 g/mol. The normalized spacial score (nSPS) is 12.6. The third-order valence-corrected chi connectivity index (χ3v) is 8.99. The first-order valence-corrected chi connectivity index (χ1v) is 21.3. The van der Waals surface area contributed by atoms with Gasteiger partial charge in [0.05, 0.1) is 13.2 Å². The fraction of sp³-hybridized carbons (Fsp3) is 0.756. The number of hydrogen-bond donors (Lipinski definition) is 2. The summed E-state index contributed by atoms with van der Waals surface area (Å²) in [5, 5.41) is 6.08. The number of esters is 1. The quantitative estimate of drug-likeness (QED) is 0.0374. The molecule has 0 aliphatic rings. The Morgan fingerprint density at radius 3 is 1.54 bits per heavy atom. The van der Waals surface area contributed by atoms with Gasteiger partial charge in [-0.3, -0.25) is 9.59 Å². The Morgan fingerprint density at radius 2 is 1.04 bits per heavy atom. The monoisotopic (exact) mass is 728 g/mol. The number of nitrogens with one attached hydrogen (secondary N) is 2. The van der Waals surface area contributed by atoms with Crippen LogP contribution in [0.15, 0.2) is 48.6 Å². The summed E-state index contributed by atoms with van der Waals surface area (Å²) in [6.45, 7) is 5.96. The van der Waals surface area contributed by atoms with Gasteiger partial charge in [0.1, 0.15) is 11.8 Å². The third kappa shape index (κ3) is 37.3. The number of unbranched alkanes of at least 4 members (excludes halogenated alkanes) is 17. The highest BCUT2D eigenvalue weighted by molar-refractivity contribution is 5.84. The first kappa shape index (κ1) is 49.5. The summed E-state index contributed by atoms with van der Waals surface area (Å²) in [4.78, 5) is 39.6. The second kappa shape index (κ2) is 39.7. The van der Waals surface area contributed by atoms with Gasteiger partial charge in [-0.25, -0.2) is 4.79 Å². The Labute approximate surface area is 320 Å². The molecule has 1 amide bonds. The summed E-state index contributed by atoms with van der Waals surface area (Å²) in [6, 6.07) is -0.751. The summed E-state index contributed by atoms with van der Waals surface area (Å²) in [6.07, 6.45) is 45.5. The predicted octanol–water partition coefficient (Wildman–Crippen LogP) is 10.8. The van der Waals surface area contributed by atoms with Crippen molar-refractivity contribution in [2.75, 3.05) is 40.3 Å². The Balaban J connectivity index is 4.25. The average Bonchev–Trinajstić information content (AvgIpc) is 3.12. The van der Waals surface area contributed by atoms with Crippen LogP contribution in [-0.4, -0.2) is 68.9 Å². The van der Waals surface area contributed by atoms with E-state index in [4.69, 9.17) is 4.74 Å². The zero-order chi connectivity index (χ0) is 38.2. The van der Waals surface area contributed by atoms with E-state index < -0.39 is 12.0 Å². The Bertz CT molecular complexity index is 956. The van der Waals surface area contributed by atoms with Crippen molar-refractivity contribution in [2.24, 2.45) is 0 Å². The molecule has 0 fully saturated rings. The number of Topliss-reactive ketones (excluding diaryl/α,β-unsaturated/α-hetero) is 1. The fourth-order valence-electron chi connectivity index (χ4n) is 5.83. The second-order valence-corrected chi connectivity index (χ2v) is 14.6. The van der Waals surface area contributed by atoms with Crippen LogP contribution in [0.3, 0.4) is 0 Å². The van der Waals surface area contributed by atoms with Crippen molar-refractivity contribution < 1.29 is 19.1 Å². The summed E-state index contributed by atoms with van der Waals surface area (Å²) in [5.41, 5.74) is 0. The maximum absolute atomic E-state index is 13.0. The molecule has 0 rings (SSSR count). The van der Waals surface area contributed by atoms with Crippen LogP contribution in [0.1, 0.15) is 174 Å². The minimum absolute atomic E-state index is 0.119. The summed E-state index contributed by atoms with van der Waals surface area (Å²) < 4.78 is 5.59. The molecule has 7 heteroatoms. The summed E-state index contributed by atoms with van der Waals surface area (Å²) in [7, 11) is 3.74. The zero-order valence-electron chi connectivity index (χ0n) is 34.3. The smallest absolute Gasteiger partial charge is 0.329 e. The van der Waals surface area contributed by atoms with Crippen molar-refractivity contribution in [1.29, 1.82) is 0 Å². The van der Waals surface area contributed by atoms with Gasteiger partial charge in [0, 0.05) is 25.9 Å². The minimum atomic E-state index is -0.751. The summed E-state index contributed by atoms with van der Waals surface area (Å²) >= 11 is 0. The van der Waals surface area contributed by atoms with Crippen molar-refractivity contribution in [3.63, 3.8) is 0 Å². The Hall–Kier alpha value is -2.51. The highest BCUT2D eigenvalue weighted by atomic mass is 16.5. The molecule has 1 atom stereocenters. The van der Waals surface area contributed by atoms with Gasteiger partial charge in [-0.1, -0.05) is 133 Å². The van der Waals surface area contributed by atoms with E-state index in [9.17, 15) is 14.4 Å². The largest absolute Gasteiger partial charge is 0.464 e. The van der Waals surface area contributed by atoms with Crippen molar-refractivity contribution >= 4 is 17.7 Å². The molecule has 0 spiro atoms. The lowest BCUT2D eigenvalue weighted by Gasteiger charge is -2.18. The Morgan fingerprint density at radius 1 is 0.577 bits per heavy atom. The van der Waals surface area contributed by atoms with Crippen molar-refractivity contribution in [3.8, 4) is 0 Å². The van der Waals surface area contributed by atoms with E-state index >= 15 is 0 Å². The molecule has 0 bridgehead atoms. The molecule has 2 N–H and O–H groups in total. The van der Waals surface area contributed by atoms with Crippen LogP contribution in [0.2, 0.25) is 0 Å². The van der Waals surface area contributed by atoms with Gasteiger partial charge in [0.15, 0.2) is 0 Å². The molecule has 0 aromatic heterocycles. The molecule has 7 nitrogen and oxygen atoms in total. The van der Waals surface area contributed by atoms with E-state index in [2.05, 4.69) is 73.1 Å². The van der Waals surface area contributed by atoms with Crippen LogP contribution < -0.4 is 10.6 Å². The molecule has 1 unspecified atom stereocenters. The number of amides is 1. The van der Waals surface area contributed by atoms with E-state index in [1.807, 2.05) is 19.0 Å². The van der Waals surface area contributed by atoms with Gasteiger partial charge < -0.3 is 20.3 Å². The molecule has 0 saturated heterocycles. The van der Waals surface area contributed by atoms with Gasteiger partial charge in [-0.05, 0) is 91.1 Å². The molecule has 300 valence electrons. The Kier molecular flexibility index (Phi) is 37.8. The van der Waals surface area contributed by atoms with Crippen LogP contribution in [-0.2, 0) is 19.1 Å². The molecular formula is C45H81N3O4. The SMILES string of the molecule is CCCCC/C=C\C/C=C\CCCCCCCCOC(=O)C(CNCCC(=O)CN(C)C)NC(=O)CCCCCCC/C=C\C/C=C\CCCCC. The topological polar surface area (TPSA) is 87.7 Å². The van der Waals surface area contributed by atoms with Gasteiger partial charge in [0.2, 0.25) is 5.91 Å². The number of hydrogen-bond acceptors (Lipinski definition) is 6. The van der Waals surface area contributed by atoms with E-state index in [0.717, 1.165) is 64.2 Å². The highest BCUT2D eigenvalue weighted by Gasteiger charge is 2.22. The van der Waals surface area contributed by atoms with E-state index in [1.165, 1.54) is 83.5 Å². The molecule has 0 aromatic rings. The van der Waals surface area contributed by atoms with Gasteiger partial charge in [-0.2, -0.15) is 0 Å². The summed E-state index contributed by atoms with van der Waals surface area (Å²) in [5.74, 6) is -0.380. The predicted molar refractivity (Wildman–Crippen MR) is 223 cm³/mol. The standard InChI is InChI=1S/C45H81N3O4/c1-5-7-9-11-13-15-17-19-21-23-25-27-29-31-33-35-39-52-45(51)43(40-46-38-37-42(49)41-48(3)4)47-44(50)36-34-32-30-28-26-24-22-20-18-16-14-12-10-8-6-2/h13-16,19-22,43,46H,5-12,17-18,23-41H2,1-4H3,(H,47,50)/b15-13-,16-14-,21-19-,22-20-. The first-order chi connectivity index (χ1) is 25.4. The molecule has 0 aromatic carbocycles. The van der Waals surface area contributed by atoms with Crippen LogP contribution in [0.25, 0.3) is 0 Å². The first-order valence-electron chi connectivity index (χ1n) is 21.3. The molecule has 0 radical (unpaired) electrons. The van der Waals surface area contributed by atoms with Crippen LogP contribution in [0, 0.1) is 0 Å². The third-order valence-electron chi connectivity index (χ3n) is 8.99. The van der Waals surface area contributed by atoms with Gasteiger partial charge in [-0.15, -0.1) is 0 Å². The molecule has 0 saturated carbocycles. The lowest BCUT2D eigenvalue weighted by molar-refractivity contribution is -0.147. The molecule has 52 heavy (non-hydrogen) atoms. The van der Waals surface area contributed by atoms with Gasteiger partial charge in [0.25, 0.3) is 0 Å². The number of nitrogens with zero attached hydrogens (tertiary/aromatic N) is 1. The van der Waals surface area contributed by atoms with Gasteiger partial charge >= 0.3 is 5.97 Å². The maximum atomic E-state index is 13.0. The van der Waals surface area contributed by atoms with Crippen LogP contribution >= 0.6 is 0 Å². The van der Waals surface area contributed by atoms with E-state index in [-0.39, 0.29) is 18.2 Å². The van der Waals surface area contributed by atoms with Crippen molar-refractivity contribution in [3.05, 3.63) is 48.6 Å². The van der Waals surface area contributed by atoms with Crippen molar-refractivity contribution in [2.45, 2.75) is 180 Å². The lowest BCUT2D eigenvalue weighted by atomic mass is 10.1. The van der Waals surface area contributed by atoms with Crippen LogP contribution in [0.4, 0.5) is 0 Å². The van der Waals surface area contributed by atoms with Crippen LogP contribution in [0.5, 0.6) is 0 Å². The number of carbonyl (C=O) groups is 3. The molecule has 0 aliphatic carbocycles. The number of likely N-dealkylation sites (N-methyl/N-ethyl adjacent to an activating group) is 1. The molecule has 0 heterocycles. The second-order valence-electron chi connectivity index (χ2n) is 14.6. The molecular weight excluding hydrogens is 647 g/mol. The van der Waals surface area contributed by atoms with Crippen molar-refractivity contribution in [1.82, 2.24) is 15.5 Å². The number of rotatable bonds is 38. The maximum Gasteiger partial charge on any atom is 0.329 e. The fourth-order valence-corrected chi connectivity index (χ4v) is 5.83. The number of ketones is 1. The number of carbonyl (C=O) groups excluding carboxylic acids is 3. The van der Waals surface area contributed by atoms with E-state index in [1.54, 1.807) is 0 Å².